The molecule has 4 heteroatoms. The van der Waals surface area contributed by atoms with Gasteiger partial charge in [-0.3, -0.25) is 0 Å². The van der Waals surface area contributed by atoms with Gasteiger partial charge in [0.1, 0.15) is 0 Å². The lowest BCUT2D eigenvalue weighted by Crippen LogP contribution is -2.49. The summed E-state index contributed by atoms with van der Waals surface area (Å²) in [6, 6.07) is -0.614. The van der Waals surface area contributed by atoms with Gasteiger partial charge < -0.3 is 5.73 Å². The highest BCUT2D eigenvalue weighted by Crippen LogP contribution is 2.61. The van der Waals surface area contributed by atoms with E-state index in [0.717, 1.165) is 30.9 Å². The van der Waals surface area contributed by atoms with Gasteiger partial charge >= 0.3 is 6.03 Å². The zero-order valence-electron chi connectivity index (χ0n) is 18.7. The van der Waals surface area contributed by atoms with Crippen LogP contribution in [-0.2, 0) is 0 Å². The van der Waals surface area contributed by atoms with Crippen molar-refractivity contribution in [2.45, 2.75) is 92.4 Å². The van der Waals surface area contributed by atoms with Crippen LogP contribution in [0.3, 0.4) is 0 Å². The summed E-state index contributed by atoms with van der Waals surface area (Å²) >= 11 is 0. The number of rotatable bonds is 7. The maximum absolute atomic E-state index is 10.7. The van der Waals surface area contributed by atoms with Crippen molar-refractivity contribution >= 4 is 11.7 Å². The molecule has 2 fully saturated rings. The van der Waals surface area contributed by atoms with E-state index in [1.54, 1.807) is 0 Å². The second kappa shape index (κ2) is 9.28. The minimum absolute atomic E-state index is 0.418. The first-order chi connectivity index (χ1) is 13.1. The van der Waals surface area contributed by atoms with Gasteiger partial charge in [-0.05, 0) is 87.9 Å². The van der Waals surface area contributed by atoms with Crippen molar-refractivity contribution in [1.82, 2.24) is 5.43 Å². The van der Waals surface area contributed by atoms with Gasteiger partial charge in [0.2, 0.25) is 0 Å². The van der Waals surface area contributed by atoms with E-state index in [1.807, 2.05) is 6.92 Å². The molecule has 2 aliphatic carbocycles. The van der Waals surface area contributed by atoms with E-state index in [1.165, 1.54) is 49.7 Å². The third kappa shape index (κ3) is 5.48. The summed E-state index contributed by atoms with van der Waals surface area (Å²) < 4.78 is 0. The van der Waals surface area contributed by atoms with Crippen molar-refractivity contribution in [1.29, 1.82) is 0 Å². The van der Waals surface area contributed by atoms with Gasteiger partial charge in [0.05, 0.1) is 0 Å². The molecule has 0 aliphatic heterocycles. The number of nitrogens with one attached hydrogen (secondary N) is 1. The Kier molecular flexibility index (Phi) is 7.52. The third-order valence-corrected chi connectivity index (χ3v) is 7.50. The Balaban J connectivity index is 1.93. The van der Waals surface area contributed by atoms with E-state index in [-0.39, 0.29) is 0 Å². The van der Waals surface area contributed by atoms with Gasteiger partial charge in [0.25, 0.3) is 0 Å². The Hall–Kier alpha value is -1.58. The number of primary amides is 1. The fourth-order valence-corrected chi connectivity index (χ4v) is 6.02. The molecule has 0 radical (unpaired) electrons. The van der Waals surface area contributed by atoms with E-state index in [4.69, 9.17) is 5.73 Å². The summed E-state index contributed by atoms with van der Waals surface area (Å²) in [5.41, 5.74) is 12.0. The van der Waals surface area contributed by atoms with Crippen molar-refractivity contribution in [2.75, 3.05) is 0 Å². The Morgan fingerprint density at radius 1 is 1.29 bits per heavy atom. The molecule has 4 nitrogen and oxygen atoms in total. The molecule has 0 bridgehead atoms. The van der Waals surface area contributed by atoms with E-state index in [9.17, 15) is 4.79 Å². The molecule has 0 aromatic heterocycles. The van der Waals surface area contributed by atoms with Crippen LogP contribution in [0, 0.1) is 22.7 Å². The monoisotopic (exact) mass is 387 g/mol. The van der Waals surface area contributed by atoms with Crippen LogP contribution in [0.2, 0.25) is 0 Å². The molecule has 2 saturated carbocycles. The number of urea groups is 1. The molecule has 0 aromatic rings. The van der Waals surface area contributed by atoms with E-state index >= 15 is 0 Å². The summed E-state index contributed by atoms with van der Waals surface area (Å²) in [5, 5.41) is 3.97. The number of hydrogen-bond donors (Lipinski definition) is 2. The van der Waals surface area contributed by atoms with Gasteiger partial charge in [-0.15, -0.1) is 0 Å². The zero-order valence-corrected chi connectivity index (χ0v) is 18.7. The van der Waals surface area contributed by atoms with Gasteiger partial charge in [-0.25, -0.2) is 10.2 Å². The molecule has 0 spiro atoms. The average molecular weight is 388 g/mol. The van der Waals surface area contributed by atoms with Crippen LogP contribution in [-0.4, -0.2) is 11.7 Å². The predicted octanol–water partition coefficient (Wildman–Crippen LogP) is 6.34. The fourth-order valence-electron chi connectivity index (χ4n) is 6.02. The number of carbonyl (C=O) groups is 1. The highest BCUT2D eigenvalue weighted by atomic mass is 16.2. The Morgan fingerprint density at radius 2 is 2.00 bits per heavy atom. The highest BCUT2D eigenvalue weighted by molar-refractivity contribution is 5.83. The molecule has 3 atom stereocenters. The number of amides is 2. The molecule has 0 unspecified atom stereocenters. The standard InChI is InChI=1S/C24H41N3O/c1-17(9-7-10-19(3)26-27-22(25)28)11-13-20-18(2)12-14-21-23(4,5)15-8-16-24(20,21)6/h9,20-21H,2,7-8,10-16H2,1,3-6H3,(H3,25,27,28)/b17-9-,26-19-/t20-,21+,24-/m1/s1. The lowest BCUT2D eigenvalue weighted by Gasteiger charge is -2.58. The Labute approximate surface area is 172 Å². The molecule has 158 valence electrons. The summed E-state index contributed by atoms with van der Waals surface area (Å²) in [5.74, 6) is 1.47. The second-order valence-electron chi connectivity index (χ2n) is 10.1. The Bertz CT molecular complexity index is 646. The van der Waals surface area contributed by atoms with Gasteiger partial charge in [0, 0.05) is 5.71 Å². The molecule has 2 rings (SSSR count). The molecule has 2 aliphatic rings. The van der Waals surface area contributed by atoms with Gasteiger partial charge in [-0.2, -0.15) is 5.10 Å². The molecular formula is C24H41N3O. The zero-order chi connectivity index (χ0) is 20.9. The van der Waals surface area contributed by atoms with E-state index in [0.29, 0.717) is 16.7 Å². The summed E-state index contributed by atoms with van der Waals surface area (Å²) in [6.07, 6.45) is 13.1. The van der Waals surface area contributed by atoms with Crippen molar-refractivity contribution in [3.8, 4) is 0 Å². The third-order valence-electron chi connectivity index (χ3n) is 7.50. The number of nitrogens with zero attached hydrogens (tertiary/aromatic N) is 1. The average Bonchev–Trinajstić information content (AvgIpc) is 2.58. The first-order valence-corrected chi connectivity index (χ1v) is 11.0. The molecule has 2 amide bonds. The van der Waals surface area contributed by atoms with Crippen molar-refractivity contribution in [3.63, 3.8) is 0 Å². The van der Waals surface area contributed by atoms with E-state index in [2.05, 4.69) is 50.9 Å². The number of fused-ring (bicyclic) bond motifs is 1. The van der Waals surface area contributed by atoms with Gasteiger partial charge in [0.15, 0.2) is 0 Å². The lowest BCUT2D eigenvalue weighted by atomic mass is 9.47. The molecule has 3 N–H and O–H groups in total. The minimum Gasteiger partial charge on any atom is -0.350 e. The number of nitrogens with two attached hydrogens (primary N) is 1. The fraction of sp³-hybridized carbons (Fsp3) is 0.750. The molecule has 28 heavy (non-hydrogen) atoms. The van der Waals surface area contributed by atoms with Crippen molar-refractivity contribution < 1.29 is 4.79 Å². The summed E-state index contributed by atoms with van der Waals surface area (Å²) in [7, 11) is 0. The molecular weight excluding hydrogens is 346 g/mol. The van der Waals surface area contributed by atoms with Crippen LogP contribution in [0.1, 0.15) is 92.4 Å². The van der Waals surface area contributed by atoms with E-state index < -0.39 is 6.03 Å². The maximum atomic E-state index is 10.7. The topological polar surface area (TPSA) is 67.5 Å². The number of hydrazone groups is 1. The molecule has 0 saturated heterocycles. The first-order valence-electron chi connectivity index (χ1n) is 11.0. The normalized spacial score (nSPS) is 30.7. The van der Waals surface area contributed by atoms with Crippen LogP contribution < -0.4 is 11.2 Å². The summed E-state index contributed by atoms with van der Waals surface area (Å²) in [4.78, 5) is 10.7. The van der Waals surface area contributed by atoms with Crippen molar-refractivity contribution in [3.05, 3.63) is 23.8 Å². The first kappa shape index (κ1) is 22.7. The largest absolute Gasteiger partial charge is 0.350 e. The molecule has 0 heterocycles. The number of carbonyl (C=O) groups excluding carboxylic acids is 1. The molecule has 0 aromatic carbocycles. The van der Waals surface area contributed by atoms with Crippen molar-refractivity contribution in [2.24, 2.45) is 33.5 Å². The lowest BCUT2D eigenvalue weighted by molar-refractivity contribution is -0.0539. The predicted molar refractivity (Wildman–Crippen MR) is 119 cm³/mol. The number of allylic oxidation sites excluding steroid dienone is 3. The quantitative estimate of drug-likeness (QED) is 0.299. The van der Waals surface area contributed by atoms with Gasteiger partial charge in [-0.1, -0.05) is 51.0 Å². The van der Waals surface area contributed by atoms with Crippen LogP contribution in [0.25, 0.3) is 0 Å². The Morgan fingerprint density at radius 3 is 2.68 bits per heavy atom. The minimum atomic E-state index is -0.614. The highest BCUT2D eigenvalue weighted by Gasteiger charge is 2.52. The SMILES string of the molecule is C=C1CC[C@H]2C(C)(C)CCC[C@]2(C)[C@@H]1CC/C(C)=C\CC/C(C)=N\NC(N)=O. The maximum Gasteiger partial charge on any atom is 0.332 e. The smallest absolute Gasteiger partial charge is 0.332 e. The van der Waals surface area contributed by atoms with Crippen LogP contribution in [0.4, 0.5) is 4.79 Å². The number of hydrogen-bond acceptors (Lipinski definition) is 2. The summed E-state index contributed by atoms with van der Waals surface area (Å²) in [6.45, 7) is 16.2. The van der Waals surface area contributed by atoms with Crippen LogP contribution in [0.15, 0.2) is 28.9 Å². The van der Waals surface area contributed by atoms with Crippen LogP contribution >= 0.6 is 0 Å². The second-order valence-corrected chi connectivity index (χ2v) is 10.1. The van der Waals surface area contributed by atoms with Crippen LogP contribution in [0.5, 0.6) is 0 Å².